The SMILES string of the molecule is CC(C)OCc1[c]nccc1. The third-order valence-electron chi connectivity index (χ3n) is 1.24. The highest BCUT2D eigenvalue weighted by atomic mass is 16.5. The molecule has 59 valence electrons. The molecule has 0 aromatic carbocycles. The minimum absolute atomic E-state index is 0.267. The summed E-state index contributed by atoms with van der Waals surface area (Å²) in [4.78, 5) is 3.86. The number of hydrogen-bond acceptors (Lipinski definition) is 2. The summed E-state index contributed by atoms with van der Waals surface area (Å²) in [5.41, 5.74) is 1.00. The minimum Gasteiger partial charge on any atom is -0.374 e. The van der Waals surface area contributed by atoms with Crippen LogP contribution in [-0.4, -0.2) is 11.1 Å². The predicted octanol–water partition coefficient (Wildman–Crippen LogP) is 1.81. The van der Waals surface area contributed by atoms with Gasteiger partial charge in [0.2, 0.25) is 0 Å². The van der Waals surface area contributed by atoms with Crippen LogP contribution in [0.1, 0.15) is 19.4 Å². The third-order valence-corrected chi connectivity index (χ3v) is 1.24. The largest absolute Gasteiger partial charge is 0.374 e. The molecule has 0 saturated carbocycles. The smallest absolute Gasteiger partial charge is 0.0945 e. The zero-order valence-electron chi connectivity index (χ0n) is 6.87. The Balaban J connectivity index is 2.39. The Hall–Kier alpha value is -0.890. The highest BCUT2D eigenvalue weighted by Crippen LogP contribution is 1.99. The van der Waals surface area contributed by atoms with Crippen molar-refractivity contribution in [2.45, 2.75) is 26.6 Å². The number of pyridine rings is 1. The van der Waals surface area contributed by atoms with Crippen molar-refractivity contribution in [3.63, 3.8) is 0 Å². The van der Waals surface area contributed by atoms with E-state index in [2.05, 4.69) is 11.2 Å². The van der Waals surface area contributed by atoms with Crippen molar-refractivity contribution >= 4 is 0 Å². The van der Waals surface area contributed by atoms with Crippen LogP contribution in [-0.2, 0) is 11.3 Å². The van der Waals surface area contributed by atoms with E-state index in [0.717, 1.165) is 5.56 Å². The molecule has 11 heavy (non-hydrogen) atoms. The fourth-order valence-corrected chi connectivity index (χ4v) is 0.697. The maximum absolute atomic E-state index is 5.36. The Morgan fingerprint density at radius 2 is 2.45 bits per heavy atom. The van der Waals surface area contributed by atoms with Gasteiger partial charge in [-0.1, -0.05) is 6.07 Å². The van der Waals surface area contributed by atoms with Crippen LogP contribution in [0.4, 0.5) is 0 Å². The van der Waals surface area contributed by atoms with Gasteiger partial charge in [0.15, 0.2) is 0 Å². The van der Waals surface area contributed by atoms with Crippen LogP contribution in [0.3, 0.4) is 0 Å². The summed E-state index contributed by atoms with van der Waals surface area (Å²) >= 11 is 0. The van der Waals surface area contributed by atoms with Crippen LogP contribution in [0.25, 0.3) is 0 Å². The lowest BCUT2D eigenvalue weighted by Crippen LogP contribution is -2.02. The van der Waals surface area contributed by atoms with E-state index in [-0.39, 0.29) is 6.10 Å². The van der Waals surface area contributed by atoms with Crippen LogP contribution in [0.2, 0.25) is 0 Å². The zero-order valence-corrected chi connectivity index (χ0v) is 6.87. The van der Waals surface area contributed by atoms with E-state index in [0.29, 0.717) is 6.61 Å². The van der Waals surface area contributed by atoms with Crippen LogP contribution >= 0.6 is 0 Å². The number of rotatable bonds is 3. The minimum atomic E-state index is 0.267. The first-order chi connectivity index (χ1) is 5.29. The van der Waals surface area contributed by atoms with E-state index in [1.165, 1.54) is 0 Å². The van der Waals surface area contributed by atoms with Gasteiger partial charge in [-0.2, -0.15) is 0 Å². The molecule has 1 radical (unpaired) electrons. The molecule has 1 aromatic rings. The number of nitrogens with zero attached hydrogens (tertiary/aromatic N) is 1. The summed E-state index contributed by atoms with van der Waals surface area (Å²) in [6.07, 6.45) is 4.82. The first-order valence-electron chi connectivity index (χ1n) is 3.72. The molecule has 0 aliphatic rings. The van der Waals surface area contributed by atoms with Gasteiger partial charge in [-0.15, -0.1) is 0 Å². The Morgan fingerprint density at radius 3 is 3.00 bits per heavy atom. The number of ether oxygens (including phenoxy) is 1. The number of aromatic nitrogens is 1. The van der Waals surface area contributed by atoms with Gasteiger partial charge in [-0.05, 0) is 19.9 Å². The molecule has 0 bridgehead atoms. The van der Waals surface area contributed by atoms with Crippen LogP contribution in [0.15, 0.2) is 18.3 Å². The van der Waals surface area contributed by atoms with Gasteiger partial charge in [-0.3, -0.25) is 4.98 Å². The molecule has 0 atom stereocenters. The van der Waals surface area contributed by atoms with Gasteiger partial charge in [0, 0.05) is 11.8 Å². The summed E-state index contributed by atoms with van der Waals surface area (Å²) in [7, 11) is 0. The molecule has 0 fully saturated rings. The molecule has 1 rings (SSSR count). The fourth-order valence-electron chi connectivity index (χ4n) is 0.697. The summed E-state index contributed by atoms with van der Waals surface area (Å²) in [6.45, 7) is 4.62. The van der Waals surface area contributed by atoms with Crippen LogP contribution in [0, 0.1) is 6.20 Å². The lowest BCUT2D eigenvalue weighted by atomic mass is 10.3. The van der Waals surface area contributed by atoms with Gasteiger partial charge in [0.25, 0.3) is 0 Å². The van der Waals surface area contributed by atoms with Crippen LogP contribution in [0.5, 0.6) is 0 Å². The lowest BCUT2D eigenvalue weighted by Gasteiger charge is -2.05. The quantitative estimate of drug-likeness (QED) is 0.655. The van der Waals surface area contributed by atoms with Gasteiger partial charge in [-0.25, -0.2) is 0 Å². The summed E-state index contributed by atoms with van der Waals surface area (Å²) < 4.78 is 5.36. The van der Waals surface area contributed by atoms with Gasteiger partial charge in [0.05, 0.1) is 18.9 Å². The molecule has 0 aliphatic carbocycles. The predicted molar refractivity (Wildman–Crippen MR) is 43.0 cm³/mol. The highest BCUT2D eigenvalue weighted by molar-refractivity contribution is 5.05. The van der Waals surface area contributed by atoms with E-state index in [1.54, 1.807) is 6.20 Å². The fraction of sp³-hybridized carbons (Fsp3) is 0.444. The Bertz CT molecular complexity index is 196. The average molecular weight is 150 g/mol. The van der Waals surface area contributed by atoms with Gasteiger partial charge < -0.3 is 4.74 Å². The summed E-state index contributed by atoms with van der Waals surface area (Å²) in [5, 5.41) is 0. The topological polar surface area (TPSA) is 22.1 Å². The average Bonchev–Trinajstić information content (AvgIpc) is 2.03. The molecule has 1 aromatic heterocycles. The molecule has 0 amide bonds. The molecule has 1 heterocycles. The van der Waals surface area contributed by atoms with Gasteiger partial charge >= 0.3 is 0 Å². The molecule has 0 saturated heterocycles. The third kappa shape index (κ3) is 3.14. The van der Waals surface area contributed by atoms with Crippen molar-refractivity contribution in [2.24, 2.45) is 0 Å². The van der Waals surface area contributed by atoms with Crippen molar-refractivity contribution in [1.29, 1.82) is 0 Å². The van der Waals surface area contributed by atoms with Gasteiger partial charge in [0.1, 0.15) is 0 Å². The Morgan fingerprint density at radius 1 is 1.64 bits per heavy atom. The second-order valence-corrected chi connectivity index (χ2v) is 2.63. The van der Waals surface area contributed by atoms with E-state index in [4.69, 9.17) is 4.74 Å². The van der Waals surface area contributed by atoms with Crippen LogP contribution < -0.4 is 0 Å². The maximum atomic E-state index is 5.36. The van der Waals surface area contributed by atoms with Crippen molar-refractivity contribution in [1.82, 2.24) is 4.98 Å². The second-order valence-electron chi connectivity index (χ2n) is 2.63. The lowest BCUT2D eigenvalue weighted by molar-refractivity contribution is 0.0654. The molecule has 0 unspecified atom stereocenters. The maximum Gasteiger partial charge on any atom is 0.0945 e. The van der Waals surface area contributed by atoms with E-state index < -0.39 is 0 Å². The monoisotopic (exact) mass is 150 g/mol. The first kappa shape index (κ1) is 8.21. The number of hydrogen-bond donors (Lipinski definition) is 0. The van der Waals surface area contributed by atoms with E-state index in [9.17, 15) is 0 Å². The molecular weight excluding hydrogens is 138 g/mol. The molecule has 2 nitrogen and oxygen atoms in total. The molecular formula is C9H12NO. The van der Waals surface area contributed by atoms with Crippen molar-refractivity contribution in [3.8, 4) is 0 Å². The van der Waals surface area contributed by atoms with Crippen molar-refractivity contribution < 1.29 is 4.74 Å². The Kier molecular flexibility index (Phi) is 3.05. The summed E-state index contributed by atoms with van der Waals surface area (Å²) in [5.74, 6) is 0. The first-order valence-corrected chi connectivity index (χ1v) is 3.72. The Labute approximate surface area is 67.2 Å². The highest BCUT2D eigenvalue weighted by Gasteiger charge is 1.94. The molecule has 0 N–H and O–H groups in total. The van der Waals surface area contributed by atoms with Crippen molar-refractivity contribution in [2.75, 3.05) is 0 Å². The molecule has 0 spiro atoms. The second kappa shape index (κ2) is 4.09. The normalized spacial score (nSPS) is 10.5. The summed E-state index contributed by atoms with van der Waals surface area (Å²) in [6, 6.07) is 3.84. The van der Waals surface area contributed by atoms with E-state index in [1.807, 2.05) is 26.0 Å². The molecule has 0 aliphatic heterocycles. The molecule has 2 heteroatoms. The van der Waals surface area contributed by atoms with Crippen molar-refractivity contribution in [3.05, 3.63) is 30.1 Å². The van der Waals surface area contributed by atoms with E-state index >= 15 is 0 Å². The standard InChI is InChI=1S/C9H12NO/c1-8(2)11-7-9-4-3-5-10-6-9/h3-5,8H,7H2,1-2H3. The zero-order chi connectivity index (χ0) is 8.10.